The summed E-state index contributed by atoms with van der Waals surface area (Å²) < 4.78 is 7.65. The molecule has 4 aromatic heterocycles. The lowest BCUT2D eigenvalue weighted by molar-refractivity contribution is 0.571. The molecule has 0 aliphatic rings. The number of rotatable bonds is 3. The highest BCUT2D eigenvalue weighted by atomic mass is 35.5. The van der Waals surface area contributed by atoms with Crippen molar-refractivity contribution in [3.05, 3.63) is 86.6 Å². The average Bonchev–Trinajstić information content (AvgIpc) is 3.41. The fourth-order valence-electron chi connectivity index (χ4n) is 2.81. The molecule has 0 spiro atoms. The molecule has 0 saturated heterocycles. The van der Waals surface area contributed by atoms with Crippen molar-refractivity contribution in [2.75, 3.05) is 0 Å². The first kappa shape index (κ1) is 16.9. The Morgan fingerprint density at radius 2 is 2.00 bits per heavy atom. The molecule has 8 heteroatoms. The first-order valence-corrected chi connectivity index (χ1v) is 9.54. The van der Waals surface area contributed by atoms with Gasteiger partial charge in [0.1, 0.15) is 16.1 Å². The van der Waals surface area contributed by atoms with Gasteiger partial charge in [-0.3, -0.25) is 9.78 Å². The largest absolute Gasteiger partial charge is 0.457 e. The zero-order valence-electron chi connectivity index (χ0n) is 14.2. The summed E-state index contributed by atoms with van der Waals surface area (Å²) in [5.41, 5.74) is 1.40. The number of pyridine rings is 1. The lowest BCUT2D eigenvalue weighted by Gasteiger charge is -1.96. The van der Waals surface area contributed by atoms with Crippen molar-refractivity contribution in [2.45, 2.75) is 0 Å². The predicted octanol–water partition coefficient (Wildman–Crippen LogP) is 3.67. The van der Waals surface area contributed by atoms with Gasteiger partial charge in [0.2, 0.25) is 4.96 Å². The van der Waals surface area contributed by atoms with E-state index < -0.39 is 0 Å². The van der Waals surface area contributed by atoms with Crippen LogP contribution in [-0.2, 0) is 0 Å². The third-order valence-corrected chi connectivity index (χ3v) is 5.31. The minimum Gasteiger partial charge on any atom is -0.457 e. The maximum atomic E-state index is 12.7. The molecule has 136 valence electrons. The summed E-state index contributed by atoms with van der Waals surface area (Å²) in [5.74, 6) is 1.73. The number of aromatic nitrogens is 4. The van der Waals surface area contributed by atoms with Crippen LogP contribution < -0.4 is 10.1 Å². The highest BCUT2D eigenvalue weighted by molar-refractivity contribution is 7.15. The zero-order chi connectivity index (χ0) is 19.1. The summed E-state index contributed by atoms with van der Waals surface area (Å²) in [6, 6.07) is 14.7. The molecule has 0 saturated carbocycles. The molecule has 0 radical (unpaired) electrons. The molecule has 0 N–H and O–H groups in total. The Morgan fingerprint density at radius 1 is 1.11 bits per heavy atom. The maximum absolute atomic E-state index is 12.7. The second kappa shape index (κ2) is 6.70. The molecule has 5 aromatic rings. The Morgan fingerprint density at radius 3 is 2.79 bits per heavy atom. The molecule has 1 aromatic carbocycles. The van der Waals surface area contributed by atoms with E-state index in [1.54, 1.807) is 30.6 Å². The molecule has 28 heavy (non-hydrogen) atoms. The van der Waals surface area contributed by atoms with Crippen molar-refractivity contribution < 1.29 is 4.42 Å². The summed E-state index contributed by atoms with van der Waals surface area (Å²) >= 11 is 7.29. The van der Waals surface area contributed by atoms with Crippen LogP contribution in [0.2, 0.25) is 5.02 Å². The molecular formula is C20H11ClN4O2S. The number of hydrogen-bond donors (Lipinski definition) is 0. The van der Waals surface area contributed by atoms with E-state index in [0.29, 0.717) is 31.9 Å². The number of halogens is 1. The fraction of sp³-hybridized carbons (Fsp3) is 0. The molecule has 0 fully saturated rings. The SMILES string of the molecule is O=c1c(=Cc2ccc(-c3cccc(Cl)c3)o2)sc2nc(-c3cccnc3)nn12. The second-order valence-corrected chi connectivity index (χ2v) is 7.45. The van der Waals surface area contributed by atoms with Gasteiger partial charge in [0.25, 0.3) is 5.56 Å². The van der Waals surface area contributed by atoms with Crippen molar-refractivity contribution >= 4 is 34.0 Å². The van der Waals surface area contributed by atoms with E-state index in [-0.39, 0.29) is 5.56 Å². The van der Waals surface area contributed by atoms with Crippen molar-refractivity contribution in [3.8, 4) is 22.7 Å². The Bertz CT molecular complexity index is 1410. The summed E-state index contributed by atoms with van der Waals surface area (Å²) in [5, 5.41) is 4.94. The average molecular weight is 407 g/mol. The summed E-state index contributed by atoms with van der Waals surface area (Å²) in [6.07, 6.45) is 5.04. The van der Waals surface area contributed by atoms with Crippen LogP contribution in [0.4, 0.5) is 0 Å². The number of furan rings is 1. The van der Waals surface area contributed by atoms with Gasteiger partial charge < -0.3 is 4.42 Å². The maximum Gasteiger partial charge on any atom is 0.291 e. The Balaban J connectivity index is 1.53. The van der Waals surface area contributed by atoms with Crippen LogP contribution in [0.1, 0.15) is 5.76 Å². The molecule has 5 rings (SSSR count). The van der Waals surface area contributed by atoms with Crippen LogP contribution >= 0.6 is 22.9 Å². The van der Waals surface area contributed by atoms with Crippen LogP contribution in [-0.4, -0.2) is 19.6 Å². The number of benzene rings is 1. The van der Waals surface area contributed by atoms with E-state index in [4.69, 9.17) is 16.0 Å². The molecule has 0 aliphatic carbocycles. The van der Waals surface area contributed by atoms with Gasteiger partial charge in [-0.15, -0.1) is 5.10 Å². The Hall–Kier alpha value is -3.29. The van der Waals surface area contributed by atoms with Crippen molar-refractivity contribution in [1.29, 1.82) is 0 Å². The van der Waals surface area contributed by atoms with E-state index in [1.807, 2.05) is 36.4 Å². The van der Waals surface area contributed by atoms with E-state index in [1.165, 1.54) is 15.9 Å². The Kier molecular flexibility index (Phi) is 4.03. The lowest BCUT2D eigenvalue weighted by atomic mass is 10.2. The third kappa shape index (κ3) is 3.00. The number of thiazole rings is 1. The number of hydrogen-bond acceptors (Lipinski definition) is 6. The van der Waals surface area contributed by atoms with Gasteiger partial charge >= 0.3 is 0 Å². The number of fused-ring (bicyclic) bond motifs is 1. The summed E-state index contributed by atoms with van der Waals surface area (Å²) in [6.45, 7) is 0. The molecule has 4 heterocycles. The first-order chi connectivity index (χ1) is 13.7. The van der Waals surface area contributed by atoms with Gasteiger partial charge in [0.15, 0.2) is 5.82 Å². The highest BCUT2D eigenvalue weighted by Gasteiger charge is 2.12. The number of nitrogens with zero attached hydrogens (tertiary/aromatic N) is 4. The van der Waals surface area contributed by atoms with Crippen LogP contribution in [0, 0.1) is 0 Å². The van der Waals surface area contributed by atoms with Gasteiger partial charge in [0, 0.05) is 34.6 Å². The van der Waals surface area contributed by atoms with Gasteiger partial charge in [-0.2, -0.15) is 9.50 Å². The summed E-state index contributed by atoms with van der Waals surface area (Å²) in [7, 11) is 0. The molecule has 6 nitrogen and oxygen atoms in total. The fourth-order valence-corrected chi connectivity index (χ4v) is 3.89. The molecular weight excluding hydrogens is 396 g/mol. The van der Waals surface area contributed by atoms with E-state index in [0.717, 1.165) is 11.1 Å². The normalized spacial score (nSPS) is 12.1. The quantitative estimate of drug-likeness (QED) is 0.457. The minimum atomic E-state index is -0.233. The van der Waals surface area contributed by atoms with Gasteiger partial charge in [-0.05, 0) is 36.4 Å². The summed E-state index contributed by atoms with van der Waals surface area (Å²) in [4.78, 5) is 21.7. The van der Waals surface area contributed by atoms with E-state index in [2.05, 4.69) is 15.1 Å². The minimum absolute atomic E-state index is 0.233. The second-order valence-electron chi connectivity index (χ2n) is 6.00. The monoisotopic (exact) mass is 406 g/mol. The van der Waals surface area contributed by atoms with Crippen molar-refractivity contribution in [3.63, 3.8) is 0 Å². The standard InChI is InChI=1S/C20H11ClN4O2S/c21-14-5-1-3-12(9-14)16-7-6-15(27-16)10-17-19(26)25-20(28-17)23-18(24-25)13-4-2-8-22-11-13/h1-11H. The van der Waals surface area contributed by atoms with Crippen LogP contribution in [0.5, 0.6) is 0 Å². The van der Waals surface area contributed by atoms with Crippen molar-refractivity contribution in [2.24, 2.45) is 0 Å². The van der Waals surface area contributed by atoms with Gasteiger partial charge in [0.05, 0.1) is 0 Å². The molecule has 0 atom stereocenters. The lowest BCUT2D eigenvalue weighted by Crippen LogP contribution is -2.23. The van der Waals surface area contributed by atoms with Gasteiger partial charge in [-0.25, -0.2) is 0 Å². The van der Waals surface area contributed by atoms with Crippen molar-refractivity contribution in [1.82, 2.24) is 19.6 Å². The van der Waals surface area contributed by atoms with Crippen LogP contribution in [0.25, 0.3) is 33.7 Å². The van der Waals surface area contributed by atoms with Crippen LogP contribution in [0.15, 0.2) is 70.1 Å². The molecule has 0 bridgehead atoms. The Labute approximate surface area is 167 Å². The predicted molar refractivity (Wildman–Crippen MR) is 108 cm³/mol. The topological polar surface area (TPSA) is 73.3 Å². The van der Waals surface area contributed by atoms with E-state index >= 15 is 0 Å². The van der Waals surface area contributed by atoms with Crippen LogP contribution in [0.3, 0.4) is 0 Å². The highest BCUT2D eigenvalue weighted by Crippen LogP contribution is 2.25. The zero-order valence-corrected chi connectivity index (χ0v) is 15.8. The molecule has 0 amide bonds. The smallest absolute Gasteiger partial charge is 0.291 e. The third-order valence-electron chi connectivity index (χ3n) is 4.11. The van der Waals surface area contributed by atoms with Gasteiger partial charge in [-0.1, -0.05) is 35.1 Å². The molecule has 0 unspecified atom stereocenters. The molecule has 0 aliphatic heterocycles. The van der Waals surface area contributed by atoms with E-state index in [9.17, 15) is 4.79 Å². The first-order valence-electron chi connectivity index (χ1n) is 8.35.